The first kappa shape index (κ1) is 24.1. The molecule has 1 aliphatic heterocycles. The van der Waals surface area contributed by atoms with Crippen LogP contribution < -0.4 is 21.7 Å². The summed E-state index contributed by atoms with van der Waals surface area (Å²) in [4.78, 5) is 33.6. The maximum atomic E-state index is 12.9. The summed E-state index contributed by atoms with van der Waals surface area (Å²) in [6.07, 6.45) is -2.21. The molecule has 0 bridgehead atoms. The highest BCUT2D eigenvalue weighted by molar-refractivity contribution is 5.92. The average molecular weight is 484 g/mol. The Bertz CT molecular complexity index is 1250. The first-order valence-corrected chi connectivity index (χ1v) is 10.9. The maximum Gasteiger partial charge on any atom is 0.416 e. The van der Waals surface area contributed by atoms with Crippen molar-refractivity contribution < 1.29 is 22.8 Å². The topological polar surface area (TPSA) is 127 Å². The number of nitrogens with one attached hydrogen (secondary N) is 1. The highest BCUT2D eigenvalue weighted by atomic mass is 19.4. The Morgan fingerprint density at radius 2 is 1.89 bits per heavy atom. The van der Waals surface area contributed by atoms with Gasteiger partial charge < -0.3 is 26.5 Å². The van der Waals surface area contributed by atoms with E-state index in [2.05, 4.69) is 15.3 Å². The van der Waals surface area contributed by atoms with Gasteiger partial charge in [-0.15, -0.1) is 0 Å². The molecule has 0 radical (unpaired) electrons. The van der Waals surface area contributed by atoms with Gasteiger partial charge in [0.05, 0.1) is 11.6 Å². The van der Waals surface area contributed by atoms with Crippen molar-refractivity contribution in [3.05, 3.63) is 65.4 Å². The molecule has 0 spiro atoms. The lowest BCUT2D eigenvalue weighted by molar-refractivity contribution is -0.137. The lowest BCUT2D eigenvalue weighted by Crippen LogP contribution is -2.31. The van der Waals surface area contributed by atoms with Crippen molar-refractivity contribution in [1.82, 2.24) is 9.97 Å². The Hall–Kier alpha value is -3.99. The molecular formula is C24H23F3N6O2. The summed E-state index contributed by atoms with van der Waals surface area (Å²) < 4.78 is 38.8. The van der Waals surface area contributed by atoms with E-state index < -0.39 is 23.7 Å². The fraction of sp³-hybridized carbons (Fsp3) is 0.250. The van der Waals surface area contributed by atoms with E-state index in [4.69, 9.17) is 11.5 Å². The average Bonchev–Trinajstić information content (AvgIpc) is 2.86. The van der Waals surface area contributed by atoms with E-state index in [1.165, 1.54) is 18.2 Å². The number of aryl methyl sites for hydroxylation is 1. The van der Waals surface area contributed by atoms with Crippen molar-refractivity contribution in [3.63, 3.8) is 0 Å². The third-order valence-corrected chi connectivity index (χ3v) is 5.69. The second kappa shape index (κ2) is 9.71. The summed E-state index contributed by atoms with van der Waals surface area (Å²) in [5.41, 5.74) is 13.4. The van der Waals surface area contributed by atoms with Crippen LogP contribution in [-0.2, 0) is 17.4 Å². The molecule has 4 rings (SSSR count). The molecule has 1 aromatic heterocycles. The predicted octanol–water partition coefficient (Wildman–Crippen LogP) is 3.28. The minimum atomic E-state index is -4.39. The molecule has 3 aromatic rings. The summed E-state index contributed by atoms with van der Waals surface area (Å²) in [6, 6.07) is 11.2. The van der Waals surface area contributed by atoms with Crippen molar-refractivity contribution >= 4 is 29.4 Å². The third kappa shape index (κ3) is 5.24. The maximum absolute atomic E-state index is 12.9. The molecule has 1 atom stereocenters. The molecule has 0 unspecified atom stereocenters. The summed E-state index contributed by atoms with van der Waals surface area (Å²) in [7, 11) is 0. The highest BCUT2D eigenvalue weighted by Crippen LogP contribution is 2.37. The van der Waals surface area contributed by atoms with E-state index in [0.29, 0.717) is 24.1 Å². The lowest BCUT2D eigenvalue weighted by Gasteiger charge is -2.32. The van der Waals surface area contributed by atoms with Gasteiger partial charge in [0.1, 0.15) is 17.8 Å². The van der Waals surface area contributed by atoms with Crippen LogP contribution in [0.25, 0.3) is 11.4 Å². The standard InChI is InChI=1S/C24H23F3N6O2/c25-24(26,27)16-4-6-18(7-5-16)33-9-1-2-14-10-15(3-8-20(14)33)23-31-19(22(29)35)11-21(32-23)30-17(12-28)13-34/h3-8,10-11,13,17H,1-2,9,12,28H2,(H2,29,35)(H,30,31,32)/t17-/m0/s1. The minimum Gasteiger partial charge on any atom is -0.364 e. The van der Waals surface area contributed by atoms with Gasteiger partial charge in [-0.3, -0.25) is 4.79 Å². The van der Waals surface area contributed by atoms with E-state index in [0.717, 1.165) is 36.2 Å². The largest absolute Gasteiger partial charge is 0.416 e. The predicted molar refractivity (Wildman–Crippen MR) is 125 cm³/mol. The first-order valence-electron chi connectivity index (χ1n) is 10.9. The zero-order valence-corrected chi connectivity index (χ0v) is 18.5. The number of carbonyl (C=O) groups excluding carboxylic acids is 2. The molecule has 0 aliphatic carbocycles. The van der Waals surface area contributed by atoms with Crippen molar-refractivity contribution in [2.24, 2.45) is 11.5 Å². The fourth-order valence-electron chi connectivity index (χ4n) is 3.95. The quantitative estimate of drug-likeness (QED) is 0.439. The Kier molecular flexibility index (Phi) is 6.70. The van der Waals surface area contributed by atoms with Crippen molar-refractivity contribution in [3.8, 4) is 11.4 Å². The zero-order valence-electron chi connectivity index (χ0n) is 18.5. The number of aromatic nitrogens is 2. The second-order valence-electron chi connectivity index (χ2n) is 8.09. The number of fused-ring (bicyclic) bond motifs is 1. The zero-order chi connectivity index (χ0) is 25.2. The van der Waals surface area contributed by atoms with Crippen LogP contribution in [0.2, 0.25) is 0 Å². The van der Waals surface area contributed by atoms with Crippen LogP contribution in [0, 0.1) is 0 Å². The molecule has 11 heteroatoms. The highest BCUT2D eigenvalue weighted by Gasteiger charge is 2.30. The number of benzene rings is 2. The van der Waals surface area contributed by atoms with Gasteiger partial charge >= 0.3 is 6.18 Å². The Labute approximate surface area is 199 Å². The van der Waals surface area contributed by atoms with Crippen LogP contribution in [0.3, 0.4) is 0 Å². The normalized spacial score (nSPS) is 14.2. The van der Waals surface area contributed by atoms with Gasteiger partial charge in [-0.2, -0.15) is 13.2 Å². The van der Waals surface area contributed by atoms with E-state index in [9.17, 15) is 22.8 Å². The molecule has 2 aromatic carbocycles. The molecule has 1 amide bonds. The number of rotatable bonds is 7. The Morgan fingerprint density at radius 3 is 2.51 bits per heavy atom. The van der Waals surface area contributed by atoms with Gasteiger partial charge in [0.2, 0.25) is 0 Å². The molecular weight excluding hydrogens is 461 g/mol. The molecule has 35 heavy (non-hydrogen) atoms. The molecule has 1 aliphatic rings. The van der Waals surface area contributed by atoms with Gasteiger partial charge in [0.25, 0.3) is 5.91 Å². The number of primary amides is 1. The van der Waals surface area contributed by atoms with Gasteiger partial charge in [-0.05, 0) is 60.9 Å². The van der Waals surface area contributed by atoms with Gasteiger partial charge in [0, 0.05) is 36.1 Å². The lowest BCUT2D eigenvalue weighted by atomic mass is 9.98. The van der Waals surface area contributed by atoms with Gasteiger partial charge in [0.15, 0.2) is 5.82 Å². The molecule has 2 heterocycles. The van der Waals surface area contributed by atoms with Crippen LogP contribution in [0.15, 0.2) is 48.5 Å². The number of carbonyl (C=O) groups is 2. The number of hydrogen-bond donors (Lipinski definition) is 3. The minimum absolute atomic E-state index is 0.0247. The number of nitrogens with zero attached hydrogens (tertiary/aromatic N) is 3. The van der Waals surface area contributed by atoms with Crippen LogP contribution in [0.4, 0.5) is 30.4 Å². The van der Waals surface area contributed by atoms with Crippen LogP contribution >= 0.6 is 0 Å². The fourth-order valence-corrected chi connectivity index (χ4v) is 3.95. The smallest absolute Gasteiger partial charge is 0.364 e. The first-order chi connectivity index (χ1) is 16.7. The summed E-state index contributed by atoms with van der Waals surface area (Å²) in [6.45, 7) is 0.693. The van der Waals surface area contributed by atoms with Crippen molar-refractivity contribution in [1.29, 1.82) is 0 Å². The Morgan fingerprint density at radius 1 is 1.14 bits per heavy atom. The number of aldehydes is 1. The molecule has 0 saturated carbocycles. The third-order valence-electron chi connectivity index (χ3n) is 5.69. The van der Waals surface area contributed by atoms with Crippen molar-refractivity contribution in [2.45, 2.75) is 25.1 Å². The van der Waals surface area contributed by atoms with Crippen LogP contribution in [0.1, 0.15) is 28.0 Å². The van der Waals surface area contributed by atoms with Crippen LogP contribution in [-0.4, -0.2) is 41.3 Å². The van der Waals surface area contributed by atoms with E-state index >= 15 is 0 Å². The van der Waals surface area contributed by atoms with Gasteiger partial charge in [-0.25, -0.2) is 9.97 Å². The number of alkyl halides is 3. The van der Waals surface area contributed by atoms with Crippen LogP contribution in [0.5, 0.6) is 0 Å². The van der Waals surface area contributed by atoms with E-state index in [-0.39, 0.29) is 23.9 Å². The second-order valence-corrected chi connectivity index (χ2v) is 8.09. The summed E-state index contributed by atoms with van der Waals surface area (Å²) >= 11 is 0. The summed E-state index contributed by atoms with van der Waals surface area (Å²) in [5.74, 6) is -0.283. The number of hydrogen-bond acceptors (Lipinski definition) is 7. The number of halogens is 3. The Balaban J connectivity index is 1.68. The molecule has 8 nitrogen and oxygen atoms in total. The molecule has 182 valence electrons. The molecule has 5 N–H and O–H groups in total. The number of nitrogens with two attached hydrogens (primary N) is 2. The van der Waals surface area contributed by atoms with E-state index in [1.54, 1.807) is 6.07 Å². The van der Waals surface area contributed by atoms with Crippen molar-refractivity contribution in [2.75, 3.05) is 23.3 Å². The SMILES string of the molecule is NC[C@@H](C=O)Nc1cc(C(N)=O)nc(-c2ccc3c(c2)CCCN3c2ccc(C(F)(F)F)cc2)n1. The number of amides is 1. The molecule has 0 fully saturated rings. The summed E-state index contributed by atoms with van der Waals surface area (Å²) in [5, 5.41) is 2.85. The van der Waals surface area contributed by atoms with Gasteiger partial charge in [-0.1, -0.05) is 0 Å². The van der Waals surface area contributed by atoms with E-state index in [1.807, 2.05) is 17.0 Å². The molecule has 0 saturated heterocycles. The number of anilines is 3. The monoisotopic (exact) mass is 484 g/mol.